The van der Waals surface area contributed by atoms with E-state index < -0.39 is 10.8 Å². The van der Waals surface area contributed by atoms with E-state index in [1.807, 2.05) is 6.92 Å². The minimum absolute atomic E-state index is 0. The van der Waals surface area contributed by atoms with Gasteiger partial charge in [-0.2, -0.15) is 0 Å². The maximum atomic E-state index is 12.1. The Labute approximate surface area is 178 Å². The van der Waals surface area contributed by atoms with E-state index in [0.29, 0.717) is 11.3 Å². The summed E-state index contributed by atoms with van der Waals surface area (Å²) in [5, 5.41) is 7.25. The van der Waals surface area contributed by atoms with Crippen molar-refractivity contribution in [3.8, 4) is 0 Å². The van der Waals surface area contributed by atoms with Crippen LogP contribution < -0.4 is 10.6 Å². The average molecular weight is 491 g/mol. The van der Waals surface area contributed by atoms with Gasteiger partial charge in [0.1, 0.15) is 0 Å². The van der Waals surface area contributed by atoms with Crippen molar-refractivity contribution in [2.75, 3.05) is 18.8 Å². The van der Waals surface area contributed by atoms with E-state index >= 15 is 0 Å². The number of guanidine groups is 1. The molecule has 0 spiro atoms. The normalized spacial score (nSPS) is 21.6. The Hall–Kier alpha value is -0.630. The fourth-order valence-corrected chi connectivity index (χ4v) is 4.66. The molecule has 1 aromatic carbocycles. The van der Waals surface area contributed by atoms with Crippen molar-refractivity contribution in [3.05, 3.63) is 35.4 Å². The Kier molecular flexibility index (Phi) is 11.4. The summed E-state index contributed by atoms with van der Waals surface area (Å²) < 4.78 is 12.1. The molecular weight excluding hydrogens is 457 g/mol. The van der Waals surface area contributed by atoms with Gasteiger partial charge in [0.25, 0.3) is 0 Å². The van der Waals surface area contributed by atoms with Gasteiger partial charge in [0.05, 0.1) is 0 Å². The second-order valence-corrected chi connectivity index (χ2v) is 8.80. The van der Waals surface area contributed by atoms with Crippen LogP contribution >= 0.6 is 24.0 Å². The number of hydrogen-bond acceptors (Lipinski definition) is 2. The SMILES string of the molecule is CCNC(=NCCc1ccc(C)cc1)NC1CCCC(S(=O)CC)C1.I. The maximum Gasteiger partial charge on any atom is 0.191 e. The zero-order chi connectivity index (χ0) is 18.1. The highest BCUT2D eigenvalue weighted by Crippen LogP contribution is 2.22. The van der Waals surface area contributed by atoms with E-state index in [4.69, 9.17) is 4.99 Å². The number of aliphatic imine (C=N–C) groups is 1. The first-order valence-corrected chi connectivity index (χ1v) is 11.0. The summed E-state index contributed by atoms with van der Waals surface area (Å²) in [6.07, 6.45) is 5.32. The number of halogens is 1. The summed E-state index contributed by atoms with van der Waals surface area (Å²) in [5.41, 5.74) is 2.61. The summed E-state index contributed by atoms with van der Waals surface area (Å²) in [6.45, 7) is 7.84. The van der Waals surface area contributed by atoms with Crippen molar-refractivity contribution in [1.29, 1.82) is 0 Å². The van der Waals surface area contributed by atoms with Crippen LogP contribution in [0.15, 0.2) is 29.3 Å². The summed E-state index contributed by atoms with van der Waals surface area (Å²) in [5.74, 6) is 1.66. The number of nitrogens with zero attached hydrogens (tertiary/aromatic N) is 1. The lowest BCUT2D eigenvalue weighted by molar-refractivity contribution is 0.413. The van der Waals surface area contributed by atoms with E-state index in [2.05, 4.69) is 48.7 Å². The van der Waals surface area contributed by atoms with Crippen LogP contribution in [0.3, 0.4) is 0 Å². The Morgan fingerprint density at radius 3 is 2.62 bits per heavy atom. The molecule has 1 saturated carbocycles. The molecule has 0 saturated heterocycles. The van der Waals surface area contributed by atoms with Gasteiger partial charge in [-0.1, -0.05) is 43.2 Å². The molecule has 148 valence electrons. The van der Waals surface area contributed by atoms with Gasteiger partial charge in [-0.05, 0) is 45.1 Å². The van der Waals surface area contributed by atoms with Crippen LogP contribution in [-0.2, 0) is 17.2 Å². The zero-order valence-electron chi connectivity index (χ0n) is 16.3. The highest BCUT2D eigenvalue weighted by molar-refractivity contribution is 14.0. The van der Waals surface area contributed by atoms with Gasteiger partial charge in [-0.25, -0.2) is 0 Å². The van der Waals surface area contributed by atoms with Crippen LogP contribution in [0.1, 0.15) is 50.7 Å². The van der Waals surface area contributed by atoms with Gasteiger partial charge in [0, 0.05) is 40.9 Å². The lowest BCUT2D eigenvalue weighted by Gasteiger charge is -2.30. The summed E-state index contributed by atoms with van der Waals surface area (Å²) in [6, 6.07) is 9.04. The molecule has 1 aromatic rings. The minimum atomic E-state index is -0.685. The van der Waals surface area contributed by atoms with Crippen LogP contribution in [0, 0.1) is 6.92 Å². The monoisotopic (exact) mass is 491 g/mol. The Balaban J connectivity index is 0.00000338. The Bertz CT molecular complexity index is 577. The number of nitrogens with one attached hydrogen (secondary N) is 2. The number of benzene rings is 1. The van der Waals surface area contributed by atoms with Crippen LogP contribution in [0.4, 0.5) is 0 Å². The molecule has 0 aliphatic heterocycles. The van der Waals surface area contributed by atoms with Crippen LogP contribution in [0.5, 0.6) is 0 Å². The van der Waals surface area contributed by atoms with Crippen molar-refractivity contribution in [3.63, 3.8) is 0 Å². The smallest absolute Gasteiger partial charge is 0.191 e. The highest BCUT2D eigenvalue weighted by Gasteiger charge is 2.25. The molecule has 3 atom stereocenters. The van der Waals surface area contributed by atoms with Gasteiger partial charge in [0.15, 0.2) is 5.96 Å². The number of rotatable bonds is 7. The first-order chi connectivity index (χ1) is 12.1. The predicted octanol–water partition coefficient (Wildman–Crippen LogP) is 3.79. The Morgan fingerprint density at radius 2 is 1.96 bits per heavy atom. The number of hydrogen-bond donors (Lipinski definition) is 2. The molecular formula is C20H34IN3OS. The fraction of sp³-hybridized carbons (Fsp3) is 0.650. The molecule has 0 aromatic heterocycles. The van der Waals surface area contributed by atoms with E-state index in [-0.39, 0.29) is 24.0 Å². The molecule has 0 bridgehead atoms. The molecule has 0 heterocycles. The molecule has 4 nitrogen and oxygen atoms in total. The summed E-state index contributed by atoms with van der Waals surface area (Å²) in [7, 11) is -0.685. The second kappa shape index (κ2) is 12.7. The number of aryl methyl sites for hydroxylation is 1. The molecule has 2 N–H and O–H groups in total. The van der Waals surface area contributed by atoms with Gasteiger partial charge in [0.2, 0.25) is 0 Å². The topological polar surface area (TPSA) is 53.5 Å². The van der Waals surface area contributed by atoms with Gasteiger partial charge in [-0.3, -0.25) is 9.20 Å². The molecule has 0 amide bonds. The molecule has 26 heavy (non-hydrogen) atoms. The molecule has 0 radical (unpaired) electrons. The van der Waals surface area contributed by atoms with Crippen molar-refractivity contribution < 1.29 is 4.21 Å². The first-order valence-electron chi connectivity index (χ1n) is 9.60. The van der Waals surface area contributed by atoms with E-state index in [1.165, 1.54) is 11.1 Å². The van der Waals surface area contributed by atoms with E-state index in [0.717, 1.165) is 56.9 Å². The Morgan fingerprint density at radius 1 is 1.23 bits per heavy atom. The molecule has 1 aliphatic rings. The summed E-state index contributed by atoms with van der Waals surface area (Å²) in [4.78, 5) is 4.73. The van der Waals surface area contributed by atoms with Crippen LogP contribution in [0.2, 0.25) is 0 Å². The minimum Gasteiger partial charge on any atom is -0.357 e. The maximum absolute atomic E-state index is 12.1. The quantitative estimate of drug-likeness (QED) is 0.347. The third kappa shape index (κ3) is 7.94. The van der Waals surface area contributed by atoms with Crippen molar-refractivity contribution in [2.24, 2.45) is 4.99 Å². The second-order valence-electron chi connectivity index (χ2n) is 6.80. The molecule has 6 heteroatoms. The molecule has 2 rings (SSSR count). The lowest BCUT2D eigenvalue weighted by atomic mass is 9.95. The van der Waals surface area contributed by atoms with Gasteiger partial charge < -0.3 is 10.6 Å². The largest absolute Gasteiger partial charge is 0.357 e. The van der Waals surface area contributed by atoms with E-state index in [9.17, 15) is 4.21 Å². The van der Waals surface area contributed by atoms with E-state index in [1.54, 1.807) is 0 Å². The molecule has 1 fully saturated rings. The zero-order valence-corrected chi connectivity index (χ0v) is 19.4. The lowest BCUT2D eigenvalue weighted by Crippen LogP contribution is -2.46. The van der Waals surface area contributed by atoms with Gasteiger partial charge in [-0.15, -0.1) is 24.0 Å². The molecule has 3 unspecified atom stereocenters. The standard InChI is InChI=1S/C20H33N3OS.HI/c1-4-21-20(22-14-13-17-11-9-16(3)10-12-17)23-18-7-6-8-19(15-18)25(24)5-2;/h9-12,18-19H,4-8,13-15H2,1-3H3,(H2,21,22,23);1H. The highest BCUT2D eigenvalue weighted by atomic mass is 127. The third-order valence-electron chi connectivity index (χ3n) is 4.76. The summed E-state index contributed by atoms with van der Waals surface area (Å²) >= 11 is 0. The van der Waals surface area contributed by atoms with Crippen LogP contribution in [-0.4, -0.2) is 40.3 Å². The predicted molar refractivity (Wildman–Crippen MR) is 124 cm³/mol. The average Bonchev–Trinajstić information content (AvgIpc) is 2.63. The fourth-order valence-electron chi connectivity index (χ4n) is 3.32. The van der Waals surface area contributed by atoms with Crippen molar-refractivity contribution in [2.45, 2.75) is 64.2 Å². The molecule has 1 aliphatic carbocycles. The first kappa shape index (κ1) is 23.4. The van der Waals surface area contributed by atoms with Crippen LogP contribution in [0.25, 0.3) is 0 Å². The third-order valence-corrected chi connectivity index (χ3v) is 6.50. The van der Waals surface area contributed by atoms with Crippen molar-refractivity contribution in [1.82, 2.24) is 10.6 Å². The van der Waals surface area contributed by atoms with Gasteiger partial charge >= 0.3 is 0 Å². The van der Waals surface area contributed by atoms with Crippen molar-refractivity contribution >= 4 is 40.7 Å².